The van der Waals surface area contributed by atoms with E-state index in [-0.39, 0.29) is 12.5 Å². The van der Waals surface area contributed by atoms with Crippen molar-refractivity contribution < 1.29 is 15.0 Å². The Labute approximate surface area is 125 Å². The van der Waals surface area contributed by atoms with Crippen LogP contribution in [0.4, 0.5) is 0 Å². The van der Waals surface area contributed by atoms with Crippen molar-refractivity contribution >= 4 is 5.91 Å². The number of nitrogens with zero attached hydrogens (tertiary/aromatic N) is 3. The van der Waals surface area contributed by atoms with E-state index in [1.165, 1.54) is 6.20 Å². The van der Waals surface area contributed by atoms with Crippen molar-refractivity contribution in [3.8, 4) is 0 Å². The molecule has 6 heteroatoms. The van der Waals surface area contributed by atoms with E-state index in [1.807, 2.05) is 0 Å². The van der Waals surface area contributed by atoms with E-state index in [0.29, 0.717) is 36.9 Å². The van der Waals surface area contributed by atoms with Gasteiger partial charge in [0.25, 0.3) is 5.91 Å². The zero-order valence-corrected chi connectivity index (χ0v) is 12.6. The average molecular weight is 293 g/mol. The highest BCUT2D eigenvalue weighted by Gasteiger charge is 2.26. The molecule has 0 unspecified atom stereocenters. The summed E-state index contributed by atoms with van der Waals surface area (Å²) >= 11 is 0. The number of rotatable bonds is 3. The summed E-state index contributed by atoms with van der Waals surface area (Å²) in [5, 5.41) is 19.2. The van der Waals surface area contributed by atoms with E-state index in [2.05, 4.69) is 23.7 Å². The fraction of sp³-hybridized carbons (Fsp3) is 0.600. The molecule has 2 heterocycles. The minimum Gasteiger partial charge on any atom is -0.392 e. The molecule has 0 spiro atoms. The Balaban J connectivity index is 2.11. The number of pyridine rings is 1. The number of amides is 1. The lowest BCUT2D eigenvalue weighted by Gasteiger charge is -2.25. The van der Waals surface area contributed by atoms with Gasteiger partial charge in [-0.3, -0.25) is 14.7 Å². The highest BCUT2D eigenvalue weighted by molar-refractivity contribution is 5.92. The van der Waals surface area contributed by atoms with Gasteiger partial charge in [-0.2, -0.15) is 0 Å². The summed E-state index contributed by atoms with van der Waals surface area (Å²) in [6.07, 6.45) is 0.966. The summed E-state index contributed by atoms with van der Waals surface area (Å²) in [7, 11) is 0. The van der Waals surface area contributed by atoms with Crippen LogP contribution < -0.4 is 0 Å². The van der Waals surface area contributed by atoms with E-state index in [0.717, 1.165) is 6.54 Å². The van der Waals surface area contributed by atoms with Crippen LogP contribution in [0.15, 0.2) is 18.3 Å². The first-order valence-electron chi connectivity index (χ1n) is 7.28. The Hall–Kier alpha value is -1.50. The second-order valence-electron chi connectivity index (χ2n) is 5.70. The second-order valence-corrected chi connectivity index (χ2v) is 5.70. The van der Waals surface area contributed by atoms with Gasteiger partial charge in [-0.1, -0.05) is 0 Å². The molecule has 2 rings (SSSR count). The third-order valence-electron chi connectivity index (χ3n) is 3.78. The molecule has 1 aromatic heterocycles. The molecule has 0 aromatic carbocycles. The van der Waals surface area contributed by atoms with Crippen LogP contribution in [0.5, 0.6) is 0 Å². The minimum absolute atomic E-state index is 0.118. The molecular formula is C15H23N3O3. The van der Waals surface area contributed by atoms with Crippen LogP contribution in [0.2, 0.25) is 0 Å². The summed E-state index contributed by atoms with van der Waals surface area (Å²) in [6, 6.07) is 3.61. The third-order valence-corrected chi connectivity index (χ3v) is 3.78. The third kappa shape index (κ3) is 4.00. The molecule has 0 bridgehead atoms. The van der Waals surface area contributed by atoms with Gasteiger partial charge >= 0.3 is 0 Å². The number of aromatic nitrogens is 1. The van der Waals surface area contributed by atoms with Crippen LogP contribution in [-0.4, -0.2) is 69.2 Å². The molecule has 1 aliphatic rings. The molecule has 2 N–H and O–H groups in total. The summed E-state index contributed by atoms with van der Waals surface area (Å²) in [5.74, 6) is -0.199. The number of aliphatic hydroxyl groups is 2. The Kier molecular flexibility index (Phi) is 5.27. The van der Waals surface area contributed by atoms with Crippen molar-refractivity contribution in [1.82, 2.24) is 14.8 Å². The lowest BCUT2D eigenvalue weighted by atomic mass is 10.2. The van der Waals surface area contributed by atoms with Crippen molar-refractivity contribution in [1.29, 1.82) is 0 Å². The molecule has 1 atom stereocenters. The fourth-order valence-corrected chi connectivity index (χ4v) is 2.52. The van der Waals surface area contributed by atoms with Gasteiger partial charge in [0, 0.05) is 38.4 Å². The molecule has 1 fully saturated rings. The van der Waals surface area contributed by atoms with Crippen LogP contribution >= 0.6 is 0 Å². The van der Waals surface area contributed by atoms with Gasteiger partial charge in [-0.15, -0.1) is 0 Å². The van der Waals surface area contributed by atoms with E-state index in [9.17, 15) is 9.90 Å². The van der Waals surface area contributed by atoms with E-state index in [4.69, 9.17) is 5.11 Å². The lowest BCUT2D eigenvalue weighted by Crippen LogP contribution is -2.38. The monoisotopic (exact) mass is 293 g/mol. The normalized spacial score (nSPS) is 20.6. The summed E-state index contributed by atoms with van der Waals surface area (Å²) in [5.41, 5.74) is 0.972. The van der Waals surface area contributed by atoms with Crippen LogP contribution in [0.1, 0.15) is 29.9 Å². The molecule has 6 nitrogen and oxygen atoms in total. The maximum Gasteiger partial charge on any atom is 0.272 e. The largest absolute Gasteiger partial charge is 0.392 e. The Morgan fingerprint density at radius 1 is 1.43 bits per heavy atom. The van der Waals surface area contributed by atoms with E-state index in [1.54, 1.807) is 17.0 Å². The van der Waals surface area contributed by atoms with Crippen molar-refractivity contribution in [2.45, 2.75) is 32.6 Å². The molecule has 21 heavy (non-hydrogen) atoms. The molecule has 116 valence electrons. The zero-order chi connectivity index (χ0) is 15.4. The van der Waals surface area contributed by atoms with Gasteiger partial charge in [0.2, 0.25) is 0 Å². The first-order valence-corrected chi connectivity index (χ1v) is 7.28. The quantitative estimate of drug-likeness (QED) is 0.826. The van der Waals surface area contributed by atoms with Crippen molar-refractivity contribution in [2.24, 2.45) is 0 Å². The fourth-order valence-electron chi connectivity index (χ4n) is 2.52. The lowest BCUT2D eigenvalue weighted by molar-refractivity contribution is 0.0654. The molecule has 0 aliphatic carbocycles. The number of carbonyl (C=O) groups excluding carboxylic acids is 1. The molecule has 1 saturated heterocycles. The Bertz CT molecular complexity index is 493. The topological polar surface area (TPSA) is 76.9 Å². The minimum atomic E-state index is -0.556. The molecule has 0 saturated carbocycles. The second kappa shape index (κ2) is 6.98. The van der Waals surface area contributed by atoms with Gasteiger partial charge in [0.15, 0.2) is 0 Å². The Morgan fingerprint density at radius 3 is 2.86 bits per heavy atom. The molecule has 0 radical (unpaired) electrons. The predicted octanol–water partition coefficient (Wildman–Crippen LogP) is 0.101. The standard InChI is InChI=1S/C15H23N3O3/c1-11(2)17-5-6-18(9-13(20)8-17)15(21)14-7-12(10-19)3-4-16-14/h3-4,7,11,13,19-20H,5-6,8-10H2,1-2H3/t13-/m1/s1. The van der Waals surface area contributed by atoms with Crippen molar-refractivity contribution in [2.75, 3.05) is 26.2 Å². The first kappa shape index (κ1) is 15.9. The summed E-state index contributed by atoms with van der Waals surface area (Å²) < 4.78 is 0. The van der Waals surface area contributed by atoms with Crippen LogP contribution in [0, 0.1) is 0 Å². The SMILES string of the molecule is CC(C)N1CCN(C(=O)c2cc(CO)ccn2)C[C@H](O)C1. The maximum absolute atomic E-state index is 12.5. The maximum atomic E-state index is 12.5. The molecule has 1 amide bonds. The van der Waals surface area contributed by atoms with E-state index < -0.39 is 6.10 Å². The Morgan fingerprint density at radius 2 is 2.19 bits per heavy atom. The van der Waals surface area contributed by atoms with Crippen LogP contribution in [0.25, 0.3) is 0 Å². The van der Waals surface area contributed by atoms with Gasteiger partial charge in [0.1, 0.15) is 5.69 Å². The van der Waals surface area contributed by atoms with Crippen LogP contribution in [-0.2, 0) is 6.61 Å². The van der Waals surface area contributed by atoms with Gasteiger partial charge < -0.3 is 15.1 Å². The highest BCUT2D eigenvalue weighted by atomic mass is 16.3. The molecule has 1 aliphatic heterocycles. The molecular weight excluding hydrogens is 270 g/mol. The number of hydrogen-bond donors (Lipinski definition) is 2. The number of aliphatic hydroxyl groups excluding tert-OH is 2. The van der Waals surface area contributed by atoms with Crippen LogP contribution in [0.3, 0.4) is 0 Å². The van der Waals surface area contributed by atoms with Crippen molar-refractivity contribution in [3.05, 3.63) is 29.6 Å². The van der Waals surface area contributed by atoms with Gasteiger partial charge in [0.05, 0.1) is 12.7 Å². The smallest absolute Gasteiger partial charge is 0.272 e. The average Bonchev–Trinajstić information content (AvgIpc) is 2.68. The van der Waals surface area contributed by atoms with E-state index >= 15 is 0 Å². The molecule has 1 aromatic rings. The van der Waals surface area contributed by atoms with Gasteiger partial charge in [-0.25, -0.2) is 0 Å². The number of β-amino-alcohol motifs (C(OH)–C–C–N with tert-alkyl or cyclic N) is 1. The zero-order valence-electron chi connectivity index (χ0n) is 12.6. The first-order chi connectivity index (χ1) is 10.0. The van der Waals surface area contributed by atoms with Crippen molar-refractivity contribution in [3.63, 3.8) is 0 Å². The number of carbonyl (C=O) groups is 1. The highest BCUT2D eigenvalue weighted by Crippen LogP contribution is 2.11. The predicted molar refractivity (Wildman–Crippen MR) is 78.8 cm³/mol. The summed E-state index contributed by atoms with van der Waals surface area (Å²) in [4.78, 5) is 20.4. The summed E-state index contributed by atoms with van der Waals surface area (Å²) in [6.45, 7) is 6.23. The number of hydrogen-bond acceptors (Lipinski definition) is 5. The van der Waals surface area contributed by atoms with Gasteiger partial charge in [-0.05, 0) is 31.5 Å².